The Morgan fingerprint density at radius 2 is 0.824 bits per heavy atom. The average Bonchev–Trinajstić information content (AvgIpc) is 3.11. The van der Waals surface area contributed by atoms with Gasteiger partial charge in [0.15, 0.2) is 46.0 Å². The number of methoxy groups -OCH3 is 2. The molecule has 0 amide bonds. The molecule has 0 aliphatic rings. The number of carboxylic acids is 1. The van der Waals surface area contributed by atoms with Crippen molar-refractivity contribution in [2.24, 2.45) is 0 Å². The van der Waals surface area contributed by atoms with Crippen LogP contribution in [0.2, 0.25) is 0 Å². The molecule has 4 rings (SSSR count). The summed E-state index contributed by atoms with van der Waals surface area (Å²) in [6, 6.07) is 17.2. The van der Waals surface area contributed by atoms with Gasteiger partial charge in [-0.05, 0) is 95.1 Å². The maximum absolute atomic E-state index is 12.5. The standard InChI is InChI=1S/C38H30O13/c1-47-33-21-25(7-15-35(42)43)5-13-31(33)51-38(46)18-10-26-6-14-32(34(22-26)48-2)50-37(45)17-9-24-4-12-30(29(41)20-24)49-36(44)16-8-23-3-11-27(39)28(40)19-23/h3-22,39-41H,1-2H3,(H,42,43). The van der Waals surface area contributed by atoms with E-state index in [1.165, 1.54) is 105 Å². The van der Waals surface area contributed by atoms with Gasteiger partial charge in [-0.25, -0.2) is 19.2 Å². The Bertz CT molecular complexity index is 2070. The highest BCUT2D eigenvalue weighted by Gasteiger charge is 2.12. The van der Waals surface area contributed by atoms with Crippen LogP contribution in [0.3, 0.4) is 0 Å². The van der Waals surface area contributed by atoms with Crippen molar-refractivity contribution in [2.45, 2.75) is 0 Å². The lowest BCUT2D eigenvalue weighted by atomic mass is 10.1. The zero-order valence-electron chi connectivity index (χ0n) is 27.0. The Balaban J connectivity index is 1.33. The minimum absolute atomic E-state index is 0.0920. The first-order chi connectivity index (χ1) is 24.4. The summed E-state index contributed by atoms with van der Waals surface area (Å²) in [5, 5.41) is 38.0. The molecule has 0 aliphatic carbocycles. The first kappa shape index (κ1) is 36.6. The number of phenols is 3. The van der Waals surface area contributed by atoms with Gasteiger partial charge in [-0.2, -0.15) is 0 Å². The van der Waals surface area contributed by atoms with Gasteiger partial charge in [0, 0.05) is 24.3 Å². The SMILES string of the molecule is COc1cc(C=CC(=O)O)ccc1OC(=O)C=Cc1ccc(OC(=O)C=Cc2ccc(OC(=O)C=Cc3ccc(O)c(O)c3)c(O)c2)c(OC)c1. The molecular weight excluding hydrogens is 664 g/mol. The van der Waals surface area contributed by atoms with Crippen molar-refractivity contribution in [1.29, 1.82) is 0 Å². The molecule has 4 aromatic rings. The molecule has 51 heavy (non-hydrogen) atoms. The second-order valence-electron chi connectivity index (χ2n) is 10.2. The number of aromatic hydroxyl groups is 3. The number of aliphatic carboxylic acids is 1. The highest BCUT2D eigenvalue weighted by Crippen LogP contribution is 2.31. The third-order valence-corrected chi connectivity index (χ3v) is 6.64. The summed E-state index contributed by atoms with van der Waals surface area (Å²) in [6.45, 7) is 0. The number of benzene rings is 4. The molecule has 4 N–H and O–H groups in total. The van der Waals surface area contributed by atoms with Crippen molar-refractivity contribution in [2.75, 3.05) is 14.2 Å². The fraction of sp³-hybridized carbons (Fsp3) is 0.0526. The van der Waals surface area contributed by atoms with Crippen molar-refractivity contribution >= 4 is 48.2 Å². The van der Waals surface area contributed by atoms with E-state index in [2.05, 4.69) is 0 Å². The number of hydrogen-bond donors (Lipinski definition) is 4. The van der Waals surface area contributed by atoms with Gasteiger partial charge in [0.1, 0.15) is 0 Å². The Morgan fingerprint density at radius 3 is 1.24 bits per heavy atom. The van der Waals surface area contributed by atoms with Gasteiger partial charge < -0.3 is 44.1 Å². The zero-order chi connectivity index (χ0) is 36.9. The predicted molar refractivity (Wildman–Crippen MR) is 185 cm³/mol. The lowest BCUT2D eigenvalue weighted by Gasteiger charge is -2.09. The van der Waals surface area contributed by atoms with Crippen LogP contribution in [-0.2, 0) is 19.2 Å². The number of phenolic OH excluding ortho intramolecular Hbond substituents is 3. The molecule has 0 spiro atoms. The van der Waals surface area contributed by atoms with Crippen LogP contribution in [0.25, 0.3) is 24.3 Å². The van der Waals surface area contributed by atoms with E-state index in [1.807, 2.05) is 0 Å². The van der Waals surface area contributed by atoms with Gasteiger partial charge in [-0.1, -0.05) is 24.3 Å². The Hall–Kier alpha value is -7.28. The van der Waals surface area contributed by atoms with Gasteiger partial charge in [0.25, 0.3) is 0 Å². The van der Waals surface area contributed by atoms with E-state index in [0.717, 1.165) is 18.2 Å². The van der Waals surface area contributed by atoms with E-state index in [-0.39, 0.29) is 46.0 Å². The Morgan fingerprint density at radius 1 is 0.451 bits per heavy atom. The second-order valence-corrected chi connectivity index (χ2v) is 10.2. The summed E-state index contributed by atoms with van der Waals surface area (Å²) in [7, 11) is 2.75. The van der Waals surface area contributed by atoms with Crippen molar-refractivity contribution < 1.29 is 63.3 Å². The third-order valence-electron chi connectivity index (χ3n) is 6.64. The summed E-state index contributed by atoms with van der Waals surface area (Å²) >= 11 is 0. The summed E-state index contributed by atoms with van der Waals surface area (Å²) in [5.41, 5.74) is 1.87. The summed E-state index contributed by atoms with van der Waals surface area (Å²) in [4.78, 5) is 47.9. The van der Waals surface area contributed by atoms with Crippen LogP contribution in [0.4, 0.5) is 0 Å². The van der Waals surface area contributed by atoms with Gasteiger partial charge in [0.05, 0.1) is 14.2 Å². The number of rotatable bonds is 13. The molecule has 0 bridgehead atoms. The molecular formula is C38H30O13. The van der Waals surface area contributed by atoms with E-state index in [4.69, 9.17) is 28.8 Å². The van der Waals surface area contributed by atoms with E-state index in [0.29, 0.717) is 22.3 Å². The normalized spacial score (nSPS) is 11.3. The first-order valence-corrected chi connectivity index (χ1v) is 14.8. The van der Waals surface area contributed by atoms with Crippen LogP contribution in [0.1, 0.15) is 22.3 Å². The van der Waals surface area contributed by atoms with Crippen LogP contribution in [0, 0.1) is 0 Å². The number of carboxylic acid groups (broad SMARTS) is 1. The molecule has 0 saturated carbocycles. The molecule has 13 heteroatoms. The molecule has 0 atom stereocenters. The molecule has 0 aromatic heterocycles. The van der Waals surface area contributed by atoms with Gasteiger partial charge in [-0.15, -0.1) is 0 Å². The predicted octanol–water partition coefficient (Wildman–Crippen LogP) is 5.77. The Kier molecular flexibility index (Phi) is 12.3. The zero-order valence-corrected chi connectivity index (χ0v) is 27.0. The van der Waals surface area contributed by atoms with Gasteiger partial charge in [0.2, 0.25) is 0 Å². The van der Waals surface area contributed by atoms with Crippen molar-refractivity contribution in [1.82, 2.24) is 0 Å². The van der Waals surface area contributed by atoms with Crippen LogP contribution in [0.15, 0.2) is 97.1 Å². The third kappa shape index (κ3) is 10.9. The molecule has 0 saturated heterocycles. The maximum atomic E-state index is 12.5. The molecule has 0 heterocycles. The maximum Gasteiger partial charge on any atom is 0.336 e. The summed E-state index contributed by atoms with van der Waals surface area (Å²) in [6.07, 6.45) is 9.87. The van der Waals surface area contributed by atoms with Crippen molar-refractivity contribution in [3.63, 3.8) is 0 Å². The van der Waals surface area contributed by atoms with E-state index in [9.17, 15) is 34.5 Å². The molecule has 0 unspecified atom stereocenters. The van der Waals surface area contributed by atoms with Crippen LogP contribution in [0.5, 0.6) is 46.0 Å². The fourth-order valence-electron chi connectivity index (χ4n) is 4.20. The van der Waals surface area contributed by atoms with Crippen LogP contribution < -0.4 is 23.7 Å². The monoisotopic (exact) mass is 694 g/mol. The Labute approximate surface area is 290 Å². The largest absolute Gasteiger partial charge is 0.504 e. The number of ether oxygens (including phenoxy) is 5. The van der Waals surface area contributed by atoms with Gasteiger partial charge in [-0.3, -0.25) is 0 Å². The smallest absolute Gasteiger partial charge is 0.336 e. The van der Waals surface area contributed by atoms with Crippen molar-refractivity contribution in [3.05, 3.63) is 119 Å². The molecule has 260 valence electrons. The molecule has 0 fully saturated rings. The van der Waals surface area contributed by atoms with E-state index in [1.54, 1.807) is 12.1 Å². The highest BCUT2D eigenvalue weighted by atomic mass is 16.6. The highest BCUT2D eigenvalue weighted by molar-refractivity contribution is 5.91. The molecule has 4 aromatic carbocycles. The number of carbonyl (C=O) groups is 4. The number of hydrogen-bond acceptors (Lipinski definition) is 12. The van der Waals surface area contributed by atoms with E-state index >= 15 is 0 Å². The summed E-state index contributed by atoms with van der Waals surface area (Å²) < 4.78 is 26.4. The first-order valence-electron chi connectivity index (χ1n) is 14.8. The molecule has 13 nitrogen and oxygen atoms in total. The lowest BCUT2D eigenvalue weighted by Crippen LogP contribution is -2.06. The van der Waals surface area contributed by atoms with E-state index < -0.39 is 23.9 Å². The number of esters is 3. The fourth-order valence-corrected chi connectivity index (χ4v) is 4.20. The van der Waals surface area contributed by atoms with Crippen LogP contribution >= 0.6 is 0 Å². The topological polar surface area (TPSA) is 195 Å². The summed E-state index contributed by atoms with van der Waals surface area (Å²) in [5.74, 6) is -3.92. The second kappa shape index (κ2) is 17.2. The number of carbonyl (C=O) groups excluding carboxylic acids is 3. The quantitative estimate of drug-likeness (QED) is 0.0570. The molecule has 0 radical (unpaired) electrons. The minimum atomic E-state index is -1.11. The van der Waals surface area contributed by atoms with Crippen molar-refractivity contribution in [3.8, 4) is 46.0 Å². The van der Waals surface area contributed by atoms with Crippen LogP contribution in [-0.4, -0.2) is 58.5 Å². The lowest BCUT2D eigenvalue weighted by molar-refractivity contribution is -0.131. The molecule has 0 aliphatic heterocycles. The minimum Gasteiger partial charge on any atom is -0.504 e. The van der Waals surface area contributed by atoms with Gasteiger partial charge >= 0.3 is 23.9 Å². The average molecular weight is 695 g/mol.